The quantitative estimate of drug-likeness (QED) is 0.682. The zero-order valence-electron chi connectivity index (χ0n) is 9.13. The van der Waals surface area contributed by atoms with Crippen molar-refractivity contribution in [3.63, 3.8) is 0 Å². The van der Waals surface area contributed by atoms with E-state index in [1.165, 1.54) is 0 Å². The number of nitrogen functional groups attached to an aromatic ring is 1. The van der Waals surface area contributed by atoms with Gasteiger partial charge in [-0.3, -0.25) is 5.10 Å². The van der Waals surface area contributed by atoms with Gasteiger partial charge in [-0.1, -0.05) is 0 Å². The van der Waals surface area contributed by atoms with Crippen molar-refractivity contribution in [2.24, 2.45) is 0 Å². The van der Waals surface area contributed by atoms with E-state index in [1.54, 1.807) is 26.8 Å². The normalized spacial score (nSPS) is 11.1. The van der Waals surface area contributed by atoms with Gasteiger partial charge in [-0.15, -0.1) is 0 Å². The predicted octanol–water partition coefficient (Wildman–Crippen LogP) is 1.02. The Morgan fingerprint density at radius 2 is 2.33 bits per heavy atom. The first kappa shape index (κ1) is 11.4. The lowest BCUT2D eigenvalue weighted by Crippen LogP contribution is -2.32. The highest BCUT2D eigenvalue weighted by atomic mass is 16.6. The number of nitrogens with one attached hydrogen (secondary N) is 2. The molecule has 4 N–H and O–H groups in total. The molecule has 0 bridgehead atoms. The fourth-order valence-electron chi connectivity index (χ4n) is 0.952. The molecule has 6 nitrogen and oxygen atoms in total. The van der Waals surface area contributed by atoms with Gasteiger partial charge in [-0.2, -0.15) is 5.10 Å². The first-order chi connectivity index (χ1) is 6.87. The minimum atomic E-state index is -0.489. The molecule has 0 saturated carbocycles. The highest BCUT2D eigenvalue weighted by molar-refractivity contribution is 5.67. The summed E-state index contributed by atoms with van der Waals surface area (Å²) in [6.45, 7) is 5.74. The number of nitrogens with zero attached hydrogens (tertiary/aromatic N) is 1. The molecule has 0 unspecified atom stereocenters. The molecule has 84 valence electrons. The SMILES string of the molecule is CC(C)(C)OC(=O)NCc1cc(N)n[nH]1. The van der Waals surface area contributed by atoms with Gasteiger partial charge in [0.15, 0.2) is 0 Å². The fraction of sp³-hybridized carbons (Fsp3) is 0.556. The molecular weight excluding hydrogens is 196 g/mol. The van der Waals surface area contributed by atoms with E-state index >= 15 is 0 Å². The van der Waals surface area contributed by atoms with E-state index in [0.29, 0.717) is 12.4 Å². The molecule has 6 heteroatoms. The maximum absolute atomic E-state index is 11.2. The Bertz CT molecular complexity index is 340. The van der Waals surface area contributed by atoms with Crippen molar-refractivity contribution in [1.82, 2.24) is 15.5 Å². The van der Waals surface area contributed by atoms with Crippen LogP contribution in [0.4, 0.5) is 10.6 Å². The van der Waals surface area contributed by atoms with Crippen molar-refractivity contribution in [2.45, 2.75) is 32.9 Å². The number of aromatic nitrogens is 2. The van der Waals surface area contributed by atoms with E-state index in [0.717, 1.165) is 5.69 Å². The van der Waals surface area contributed by atoms with Gasteiger partial charge in [-0.25, -0.2) is 4.79 Å². The van der Waals surface area contributed by atoms with Crippen LogP contribution in [0.3, 0.4) is 0 Å². The molecule has 0 atom stereocenters. The molecule has 0 aromatic carbocycles. The largest absolute Gasteiger partial charge is 0.444 e. The molecule has 15 heavy (non-hydrogen) atoms. The summed E-state index contributed by atoms with van der Waals surface area (Å²) < 4.78 is 5.05. The number of hydrogen-bond donors (Lipinski definition) is 3. The van der Waals surface area contributed by atoms with Gasteiger partial charge in [0, 0.05) is 6.07 Å². The van der Waals surface area contributed by atoms with E-state index < -0.39 is 11.7 Å². The highest BCUT2D eigenvalue weighted by Gasteiger charge is 2.15. The van der Waals surface area contributed by atoms with Gasteiger partial charge in [0.2, 0.25) is 0 Å². The van der Waals surface area contributed by atoms with Gasteiger partial charge in [0.25, 0.3) is 0 Å². The second-order valence-electron chi connectivity index (χ2n) is 4.17. The molecule has 0 spiro atoms. The topological polar surface area (TPSA) is 93.0 Å². The molecular formula is C9H16N4O2. The summed E-state index contributed by atoms with van der Waals surface area (Å²) in [4.78, 5) is 11.2. The fourth-order valence-corrected chi connectivity index (χ4v) is 0.952. The lowest BCUT2D eigenvalue weighted by Gasteiger charge is -2.19. The van der Waals surface area contributed by atoms with Crippen LogP contribution in [0.25, 0.3) is 0 Å². The molecule has 0 aliphatic heterocycles. The molecule has 1 heterocycles. The zero-order chi connectivity index (χ0) is 11.5. The summed E-state index contributed by atoms with van der Waals surface area (Å²) in [5.74, 6) is 0.399. The first-order valence-electron chi connectivity index (χ1n) is 4.63. The van der Waals surface area contributed by atoms with Gasteiger partial charge in [0.1, 0.15) is 11.4 Å². The molecule has 1 aromatic heterocycles. The average Bonchev–Trinajstić information content (AvgIpc) is 2.45. The zero-order valence-corrected chi connectivity index (χ0v) is 9.13. The number of nitrogens with two attached hydrogens (primary N) is 1. The maximum Gasteiger partial charge on any atom is 0.407 e. The van der Waals surface area contributed by atoms with Crippen molar-refractivity contribution >= 4 is 11.9 Å². The number of carbonyl (C=O) groups excluding carboxylic acids is 1. The Labute approximate surface area is 88.2 Å². The Balaban J connectivity index is 2.35. The molecule has 0 radical (unpaired) electrons. The van der Waals surface area contributed by atoms with Crippen molar-refractivity contribution in [2.75, 3.05) is 5.73 Å². The van der Waals surface area contributed by atoms with Gasteiger partial charge < -0.3 is 15.8 Å². The van der Waals surface area contributed by atoms with Crippen LogP contribution in [0.5, 0.6) is 0 Å². The molecule has 1 amide bonds. The van der Waals surface area contributed by atoms with Crippen LogP contribution in [0.15, 0.2) is 6.07 Å². The second-order valence-corrected chi connectivity index (χ2v) is 4.17. The molecule has 0 saturated heterocycles. The number of amides is 1. The monoisotopic (exact) mass is 212 g/mol. The minimum Gasteiger partial charge on any atom is -0.444 e. The smallest absolute Gasteiger partial charge is 0.407 e. The van der Waals surface area contributed by atoms with Crippen molar-refractivity contribution in [3.8, 4) is 0 Å². The molecule has 1 aromatic rings. The number of H-pyrrole nitrogens is 1. The molecule has 0 fully saturated rings. The Kier molecular flexibility index (Phi) is 3.18. The number of ether oxygens (including phenoxy) is 1. The number of carbonyl (C=O) groups is 1. The van der Waals surface area contributed by atoms with Crippen molar-refractivity contribution in [3.05, 3.63) is 11.8 Å². The first-order valence-corrected chi connectivity index (χ1v) is 4.63. The summed E-state index contributed by atoms with van der Waals surface area (Å²) in [6, 6.07) is 1.65. The molecule has 1 rings (SSSR count). The summed E-state index contributed by atoms with van der Waals surface area (Å²) in [5.41, 5.74) is 5.65. The number of aromatic amines is 1. The Hall–Kier alpha value is -1.72. The van der Waals surface area contributed by atoms with Crippen molar-refractivity contribution in [1.29, 1.82) is 0 Å². The lowest BCUT2D eigenvalue weighted by atomic mass is 10.2. The summed E-state index contributed by atoms with van der Waals surface area (Å²) >= 11 is 0. The third kappa shape index (κ3) is 4.35. The number of alkyl carbamates (subject to hydrolysis) is 1. The molecule has 0 aliphatic carbocycles. The second kappa shape index (κ2) is 4.20. The Morgan fingerprint density at radius 1 is 1.67 bits per heavy atom. The standard InChI is InChI=1S/C9H16N4O2/c1-9(2,3)15-8(14)11-5-6-4-7(10)13-12-6/h4H,5H2,1-3H3,(H,11,14)(H3,10,12,13). The van der Waals surface area contributed by atoms with Crippen LogP contribution in [0.1, 0.15) is 26.5 Å². The molecule has 0 aliphatic rings. The van der Waals surface area contributed by atoms with E-state index in [-0.39, 0.29) is 0 Å². The van der Waals surface area contributed by atoms with Gasteiger partial charge in [-0.05, 0) is 20.8 Å². The van der Waals surface area contributed by atoms with Crippen LogP contribution in [0.2, 0.25) is 0 Å². The maximum atomic E-state index is 11.2. The summed E-state index contributed by atoms with van der Waals surface area (Å²) in [7, 11) is 0. The van der Waals surface area contributed by atoms with E-state index in [2.05, 4.69) is 15.5 Å². The third-order valence-electron chi connectivity index (χ3n) is 1.47. The average molecular weight is 212 g/mol. The number of anilines is 1. The van der Waals surface area contributed by atoms with Crippen molar-refractivity contribution < 1.29 is 9.53 Å². The summed E-state index contributed by atoms with van der Waals surface area (Å²) in [5, 5.41) is 8.99. The van der Waals surface area contributed by atoms with Gasteiger partial charge in [0.05, 0.1) is 12.2 Å². The van der Waals surface area contributed by atoms with E-state index in [4.69, 9.17) is 10.5 Å². The number of rotatable bonds is 2. The predicted molar refractivity (Wildman–Crippen MR) is 56.1 cm³/mol. The minimum absolute atomic E-state index is 0.319. The van der Waals surface area contributed by atoms with Crippen LogP contribution < -0.4 is 11.1 Å². The lowest BCUT2D eigenvalue weighted by molar-refractivity contribution is 0.0523. The van der Waals surface area contributed by atoms with E-state index in [1.807, 2.05) is 0 Å². The van der Waals surface area contributed by atoms with Gasteiger partial charge >= 0.3 is 6.09 Å². The van der Waals surface area contributed by atoms with Crippen LogP contribution in [-0.2, 0) is 11.3 Å². The van der Waals surface area contributed by atoms with E-state index in [9.17, 15) is 4.79 Å². The van der Waals surface area contributed by atoms with Crippen LogP contribution in [0, 0.1) is 0 Å². The van der Waals surface area contributed by atoms with Crippen LogP contribution >= 0.6 is 0 Å². The Morgan fingerprint density at radius 3 is 2.80 bits per heavy atom. The summed E-state index contributed by atoms with van der Waals surface area (Å²) in [6.07, 6.45) is -0.462. The third-order valence-corrected chi connectivity index (χ3v) is 1.47. The van der Waals surface area contributed by atoms with Crippen LogP contribution in [-0.4, -0.2) is 21.9 Å². The number of hydrogen-bond acceptors (Lipinski definition) is 4. The highest BCUT2D eigenvalue weighted by Crippen LogP contribution is 2.07.